The van der Waals surface area contributed by atoms with Gasteiger partial charge in [0.1, 0.15) is 5.75 Å². The summed E-state index contributed by atoms with van der Waals surface area (Å²) in [6, 6.07) is 4.95. The zero-order valence-corrected chi connectivity index (χ0v) is 12.3. The van der Waals surface area contributed by atoms with E-state index in [-0.39, 0.29) is 6.04 Å². The van der Waals surface area contributed by atoms with Gasteiger partial charge in [-0.2, -0.15) is 4.31 Å². The van der Waals surface area contributed by atoms with E-state index >= 15 is 0 Å². The molecule has 1 fully saturated rings. The van der Waals surface area contributed by atoms with Crippen molar-refractivity contribution in [3.8, 4) is 5.75 Å². The van der Waals surface area contributed by atoms with Gasteiger partial charge in [0.25, 0.3) is 0 Å². The molecular weight excluding hydrogens is 264 g/mol. The lowest BCUT2D eigenvalue weighted by atomic mass is 10.2. The van der Waals surface area contributed by atoms with Crippen LogP contribution in [0.15, 0.2) is 23.1 Å². The Kier molecular flexibility index (Phi) is 4.13. The molecule has 1 atom stereocenters. The van der Waals surface area contributed by atoms with Gasteiger partial charge in [0.2, 0.25) is 10.0 Å². The molecule has 1 aliphatic rings. The van der Waals surface area contributed by atoms with Crippen LogP contribution >= 0.6 is 0 Å². The number of nitrogens with one attached hydrogen (secondary N) is 1. The number of ether oxygens (including phenoxy) is 1. The number of methoxy groups -OCH3 is 1. The highest BCUT2D eigenvalue weighted by Crippen LogP contribution is 2.25. The summed E-state index contributed by atoms with van der Waals surface area (Å²) in [5.41, 5.74) is 0.825. The maximum Gasteiger partial charge on any atom is 0.243 e. The van der Waals surface area contributed by atoms with E-state index in [4.69, 9.17) is 4.74 Å². The molecule has 19 heavy (non-hydrogen) atoms. The SMILES string of the molecule is COc1ccc(S(=O)(=O)N2CCNC[C@H]2C)cc1C. The molecule has 5 nitrogen and oxygen atoms in total. The molecule has 1 aromatic rings. The number of rotatable bonds is 3. The van der Waals surface area contributed by atoms with Gasteiger partial charge in [0, 0.05) is 25.7 Å². The molecule has 1 saturated heterocycles. The monoisotopic (exact) mass is 284 g/mol. The first-order valence-corrected chi connectivity index (χ1v) is 7.78. The van der Waals surface area contributed by atoms with Crippen LogP contribution in [0.5, 0.6) is 5.75 Å². The molecule has 0 bridgehead atoms. The van der Waals surface area contributed by atoms with Crippen LogP contribution in [0.25, 0.3) is 0 Å². The Hall–Kier alpha value is -1.11. The van der Waals surface area contributed by atoms with E-state index < -0.39 is 10.0 Å². The van der Waals surface area contributed by atoms with Gasteiger partial charge >= 0.3 is 0 Å². The van der Waals surface area contributed by atoms with E-state index in [9.17, 15) is 8.42 Å². The first-order valence-electron chi connectivity index (χ1n) is 6.34. The summed E-state index contributed by atoms with van der Waals surface area (Å²) in [7, 11) is -1.84. The summed E-state index contributed by atoms with van der Waals surface area (Å²) < 4.78 is 31.9. The van der Waals surface area contributed by atoms with Crippen molar-refractivity contribution >= 4 is 10.0 Å². The third-order valence-electron chi connectivity index (χ3n) is 3.41. The van der Waals surface area contributed by atoms with Crippen LogP contribution < -0.4 is 10.1 Å². The van der Waals surface area contributed by atoms with Crippen molar-refractivity contribution in [3.63, 3.8) is 0 Å². The minimum atomic E-state index is -3.42. The van der Waals surface area contributed by atoms with Gasteiger partial charge in [-0.15, -0.1) is 0 Å². The third-order valence-corrected chi connectivity index (χ3v) is 5.42. The highest BCUT2D eigenvalue weighted by atomic mass is 32.2. The molecule has 106 valence electrons. The van der Waals surface area contributed by atoms with Gasteiger partial charge in [0.15, 0.2) is 0 Å². The summed E-state index contributed by atoms with van der Waals surface area (Å²) in [5.74, 6) is 0.701. The first kappa shape index (κ1) is 14.3. The lowest BCUT2D eigenvalue weighted by molar-refractivity contribution is 0.284. The zero-order valence-electron chi connectivity index (χ0n) is 11.5. The smallest absolute Gasteiger partial charge is 0.243 e. The number of hydrogen-bond acceptors (Lipinski definition) is 4. The Balaban J connectivity index is 2.36. The minimum Gasteiger partial charge on any atom is -0.496 e. The molecule has 0 amide bonds. The molecule has 2 rings (SSSR count). The fourth-order valence-corrected chi connectivity index (χ4v) is 4.04. The maximum absolute atomic E-state index is 12.6. The van der Waals surface area contributed by atoms with Crippen LogP contribution in [0.3, 0.4) is 0 Å². The van der Waals surface area contributed by atoms with Crippen molar-refractivity contribution in [2.24, 2.45) is 0 Å². The average Bonchev–Trinajstić information content (AvgIpc) is 2.39. The molecule has 1 N–H and O–H groups in total. The summed E-state index contributed by atoms with van der Waals surface area (Å²) in [4.78, 5) is 0.333. The number of benzene rings is 1. The van der Waals surface area contributed by atoms with Crippen LogP contribution in [0.4, 0.5) is 0 Å². The Bertz CT molecular complexity index is 557. The van der Waals surface area contributed by atoms with Gasteiger partial charge in [0.05, 0.1) is 12.0 Å². The molecule has 1 aliphatic heterocycles. The number of aryl methyl sites for hydroxylation is 1. The van der Waals surface area contributed by atoms with Crippen molar-refractivity contribution in [1.29, 1.82) is 0 Å². The van der Waals surface area contributed by atoms with Crippen molar-refractivity contribution in [2.75, 3.05) is 26.7 Å². The lowest BCUT2D eigenvalue weighted by Crippen LogP contribution is -2.52. The highest BCUT2D eigenvalue weighted by molar-refractivity contribution is 7.89. The predicted molar refractivity (Wildman–Crippen MR) is 74.0 cm³/mol. The molecule has 1 aromatic carbocycles. The molecular formula is C13H20N2O3S. The van der Waals surface area contributed by atoms with Gasteiger partial charge < -0.3 is 10.1 Å². The van der Waals surface area contributed by atoms with E-state index in [0.29, 0.717) is 30.3 Å². The molecule has 0 spiro atoms. The van der Waals surface area contributed by atoms with Gasteiger partial charge in [-0.3, -0.25) is 0 Å². The van der Waals surface area contributed by atoms with Crippen molar-refractivity contribution < 1.29 is 13.2 Å². The molecule has 0 aromatic heterocycles. The molecule has 0 saturated carbocycles. The van der Waals surface area contributed by atoms with Crippen molar-refractivity contribution in [1.82, 2.24) is 9.62 Å². The number of sulfonamides is 1. The Morgan fingerprint density at radius 1 is 1.42 bits per heavy atom. The Morgan fingerprint density at radius 2 is 2.16 bits per heavy atom. The van der Waals surface area contributed by atoms with Crippen molar-refractivity contribution in [2.45, 2.75) is 24.8 Å². The zero-order chi connectivity index (χ0) is 14.0. The second-order valence-corrected chi connectivity index (χ2v) is 6.69. The third kappa shape index (κ3) is 2.75. The fraction of sp³-hybridized carbons (Fsp3) is 0.538. The van der Waals surface area contributed by atoms with Crippen LogP contribution in [0, 0.1) is 6.92 Å². The highest BCUT2D eigenvalue weighted by Gasteiger charge is 2.31. The summed E-state index contributed by atoms with van der Waals surface area (Å²) in [6.07, 6.45) is 0. The van der Waals surface area contributed by atoms with Crippen LogP contribution in [-0.2, 0) is 10.0 Å². The molecule has 0 aliphatic carbocycles. The van der Waals surface area contributed by atoms with E-state index in [1.807, 2.05) is 13.8 Å². The quantitative estimate of drug-likeness (QED) is 0.899. The fourth-order valence-electron chi connectivity index (χ4n) is 2.33. The molecule has 1 heterocycles. The van der Waals surface area contributed by atoms with E-state index in [2.05, 4.69) is 5.32 Å². The predicted octanol–water partition coefficient (Wildman–Crippen LogP) is 0.986. The molecule has 0 unspecified atom stereocenters. The molecule has 6 heteroatoms. The normalized spacial score (nSPS) is 21.3. The van der Waals surface area contributed by atoms with Gasteiger partial charge in [-0.05, 0) is 37.6 Å². The summed E-state index contributed by atoms with van der Waals surface area (Å²) >= 11 is 0. The van der Waals surface area contributed by atoms with E-state index in [1.165, 1.54) is 0 Å². The van der Waals surface area contributed by atoms with Crippen LogP contribution in [0.2, 0.25) is 0 Å². The topological polar surface area (TPSA) is 58.6 Å². The maximum atomic E-state index is 12.6. The average molecular weight is 284 g/mol. The number of piperazine rings is 1. The van der Waals surface area contributed by atoms with E-state index in [1.54, 1.807) is 29.6 Å². The molecule has 0 radical (unpaired) electrons. The number of hydrogen-bond donors (Lipinski definition) is 1. The Morgan fingerprint density at radius 3 is 2.74 bits per heavy atom. The number of nitrogens with zero attached hydrogens (tertiary/aromatic N) is 1. The Labute approximate surface area is 114 Å². The largest absolute Gasteiger partial charge is 0.496 e. The van der Waals surface area contributed by atoms with Gasteiger partial charge in [-0.25, -0.2) is 8.42 Å². The van der Waals surface area contributed by atoms with Crippen molar-refractivity contribution in [3.05, 3.63) is 23.8 Å². The van der Waals surface area contributed by atoms with Gasteiger partial charge in [-0.1, -0.05) is 0 Å². The van der Waals surface area contributed by atoms with Crippen LogP contribution in [0.1, 0.15) is 12.5 Å². The second kappa shape index (κ2) is 5.48. The van der Waals surface area contributed by atoms with Crippen LogP contribution in [-0.4, -0.2) is 45.5 Å². The standard InChI is InChI=1S/C13H20N2O3S/c1-10-8-12(4-5-13(10)18-3)19(16,17)15-7-6-14-9-11(15)2/h4-5,8,11,14H,6-7,9H2,1-3H3/t11-/m1/s1. The van der Waals surface area contributed by atoms with E-state index in [0.717, 1.165) is 5.56 Å². The second-order valence-electron chi connectivity index (χ2n) is 4.80. The summed E-state index contributed by atoms with van der Waals surface area (Å²) in [5, 5.41) is 3.19. The lowest BCUT2D eigenvalue weighted by Gasteiger charge is -2.32. The summed E-state index contributed by atoms with van der Waals surface area (Å²) in [6.45, 7) is 5.65. The minimum absolute atomic E-state index is 0.0267. The first-order chi connectivity index (χ1) is 8.96.